The van der Waals surface area contributed by atoms with Gasteiger partial charge < -0.3 is 19.9 Å². The number of ether oxygens (including phenoxy) is 1. The van der Waals surface area contributed by atoms with Crippen LogP contribution >= 0.6 is 0 Å². The van der Waals surface area contributed by atoms with Gasteiger partial charge in [0.15, 0.2) is 0 Å². The number of carbonyl (C=O) groups is 1. The van der Waals surface area contributed by atoms with Gasteiger partial charge in [0, 0.05) is 52.3 Å². The molecule has 1 amide bonds. The van der Waals surface area contributed by atoms with Crippen molar-refractivity contribution in [2.45, 2.75) is 57.5 Å². The molecule has 0 aromatic heterocycles. The average molecular weight is 467 g/mol. The first-order chi connectivity index (χ1) is 15.4. The van der Waals surface area contributed by atoms with E-state index in [1.807, 2.05) is 19.9 Å². The number of rotatable bonds is 10. The van der Waals surface area contributed by atoms with Gasteiger partial charge in [-0.1, -0.05) is 20.8 Å². The van der Waals surface area contributed by atoms with Gasteiger partial charge in [0.05, 0.1) is 22.4 Å². The molecule has 0 radical (unpaired) electrons. The maximum absolute atomic E-state index is 13.1. The largest absolute Gasteiger partial charge is 0.378 e. The van der Waals surface area contributed by atoms with E-state index in [2.05, 4.69) is 22.0 Å². The minimum Gasteiger partial charge on any atom is -0.378 e. The number of sulfonamides is 1. The van der Waals surface area contributed by atoms with Crippen molar-refractivity contribution in [1.82, 2.24) is 9.21 Å². The highest BCUT2D eigenvalue weighted by atomic mass is 32.2. The molecule has 1 atom stereocenters. The molecular formula is C23H38N4O4S. The molecule has 2 saturated heterocycles. The van der Waals surface area contributed by atoms with Gasteiger partial charge in [-0.2, -0.15) is 4.31 Å². The number of nitrogens with one attached hydrogen (secondary N) is 1. The van der Waals surface area contributed by atoms with Crippen LogP contribution in [0.2, 0.25) is 0 Å². The topological polar surface area (TPSA) is 82.2 Å². The minimum absolute atomic E-state index is 0.105. The van der Waals surface area contributed by atoms with Crippen LogP contribution in [0.1, 0.15) is 46.5 Å². The van der Waals surface area contributed by atoms with Crippen LogP contribution < -0.4 is 10.2 Å². The van der Waals surface area contributed by atoms with Gasteiger partial charge >= 0.3 is 0 Å². The summed E-state index contributed by atoms with van der Waals surface area (Å²) in [7, 11) is -3.61. The molecule has 8 nitrogen and oxygen atoms in total. The Hall–Kier alpha value is -1.68. The van der Waals surface area contributed by atoms with Crippen molar-refractivity contribution < 1.29 is 17.9 Å². The van der Waals surface area contributed by atoms with E-state index in [0.717, 1.165) is 57.9 Å². The molecule has 0 bridgehead atoms. The molecule has 1 N–H and O–H groups in total. The van der Waals surface area contributed by atoms with Crippen molar-refractivity contribution in [3.8, 4) is 0 Å². The summed E-state index contributed by atoms with van der Waals surface area (Å²) >= 11 is 0. The number of benzene rings is 1. The van der Waals surface area contributed by atoms with Crippen LogP contribution in [0.5, 0.6) is 0 Å². The smallest absolute Gasteiger partial charge is 0.243 e. The van der Waals surface area contributed by atoms with Crippen molar-refractivity contribution in [2.75, 3.05) is 62.6 Å². The van der Waals surface area contributed by atoms with Gasteiger partial charge in [-0.15, -0.1) is 0 Å². The maximum atomic E-state index is 13.1. The second-order valence-electron chi connectivity index (χ2n) is 8.41. The highest BCUT2D eigenvalue weighted by Gasteiger charge is 2.25. The molecule has 1 aromatic rings. The SMILES string of the molecule is CCN1CCN(c2ccc(S(=O)(=O)N(CC)CC)cc2NC(=O)CCC2CCCO2)CC1. The number of anilines is 2. The lowest BCUT2D eigenvalue weighted by molar-refractivity contribution is -0.116. The molecule has 3 rings (SSSR count). The van der Waals surface area contributed by atoms with Crippen LogP contribution in [0.4, 0.5) is 11.4 Å². The summed E-state index contributed by atoms with van der Waals surface area (Å²) in [5.74, 6) is -0.105. The first-order valence-electron chi connectivity index (χ1n) is 11.9. The molecule has 2 aliphatic rings. The summed E-state index contributed by atoms with van der Waals surface area (Å²) in [6.07, 6.45) is 3.24. The average Bonchev–Trinajstić information content (AvgIpc) is 3.32. The zero-order chi connectivity index (χ0) is 23.1. The predicted molar refractivity (Wildman–Crippen MR) is 128 cm³/mol. The second-order valence-corrected chi connectivity index (χ2v) is 10.3. The van der Waals surface area contributed by atoms with Crippen molar-refractivity contribution in [2.24, 2.45) is 0 Å². The lowest BCUT2D eigenvalue weighted by Gasteiger charge is -2.36. The third kappa shape index (κ3) is 6.01. The Labute approximate surface area is 192 Å². The minimum atomic E-state index is -3.61. The molecule has 1 unspecified atom stereocenters. The molecule has 0 saturated carbocycles. The van der Waals surface area contributed by atoms with E-state index in [1.165, 1.54) is 4.31 Å². The molecule has 2 fully saturated rings. The van der Waals surface area contributed by atoms with E-state index in [-0.39, 0.29) is 16.9 Å². The lowest BCUT2D eigenvalue weighted by atomic mass is 10.1. The van der Waals surface area contributed by atoms with E-state index in [4.69, 9.17) is 4.74 Å². The highest BCUT2D eigenvalue weighted by molar-refractivity contribution is 7.89. The fourth-order valence-electron chi connectivity index (χ4n) is 4.45. The number of nitrogens with zero attached hydrogens (tertiary/aromatic N) is 3. The van der Waals surface area contributed by atoms with Crippen LogP contribution in [-0.4, -0.2) is 82.1 Å². The van der Waals surface area contributed by atoms with Crippen LogP contribution in [-0.2, 0) is 19.6 Å². The zero-order valence-corrected chi connectivity index (χ0v) is 20.5. The lowest BCUT2D eigenvalue weighted by Crippen LogP contribution is -2.46. The molecule has 32 heavy (non-hydrogen) atoms. The normalized spacial score (nSPS) is 20.1. The number of likely N-dealkylation sites (N-methyl/N-ethyl adjacent to an activating group) is 1. The monoisotopic (exact) mass is 466 g/mol. The molecular weight excluding hydrogens is 428 g/mol. The molecule has 180 valence electrons. The fraction of sp³-hybridized carbons (Fsp3) is 0.696. The molecule has 9 heteroatoms. The molecule has 2 heterocycles. The fourth-order valence-corrected chi connectivity index (χ4v) is 5.93. The zero-order valence-electron chi connectivity index (χ0n) is 19.7. The molecule has 0 spiro atoms. The summed E-state index contributed by atoms with van der Waals surface area (Å²) in [4.78, 5) is 17.6. The van der Waals surface area contributed by atoms with E-state index in [0.29, 0.717) is 31.6 Å². The molecule has 1 aromatic carbocycles. The van der Waals surface area contributed by atoms with Crippen LogP contribution in [0, 0.1) is 0 Å². The van der Waals surface area contributed by atoms with Crippen molar-refractivity contribution in [1.29, 1.82) is 0 Å². The number of hydrogen-bond acceptors (Lipinski definition) is 6. The summed E-state index contributed by atoms with van der Waals surface area (Å²) in [5, 5.41) is 3.01. The molecule has 0 aliphatic carbocycles. The third-order valence-corrected chi connectivity index (χ3v) is 8.51. The Bertz CT molecular complexity index is 859. The second kappa shape index (κ2) is 11.4. The first kappa shape index (κ1) is 25.0. The summed E-state index contributed by atoms with van der Waals surface area (Å²) in [6.45, 7) is 12.0. The number of hydrogen-bond donors (Lipinski definition) is 1. The van der Waals surface area contributed by atoms with Gasteiger partial charge in [0.1, 0.15) is 0 Å². The van der Waals surface area contributed by atoms with Gasteiger partial charge in [0.2, 0.25) is 15.9 Å². The Morgan fingerprint density at radius 2 is 1.88 bits per heavy atom. The van der Waals surface area contributed by atoms with Crippen molar-refractivity contribution in [3.63, 3.8) is 0 Å². The predicted octanol–water partition coefficient (Wildman–Crippen LogP) is 2.76. The third-order valence-electron chi connectivity index (χ3n) is 6.46. The van der Waals surface area contributed by atoms with E-state index >= 15 is 0 Å². The first-order valence-corrected chi connectivity index (χ1v) is 13.4. The standard InChI is InChI=1S/C23H38N4O4S/c1-4-25-13-15-26(16-14-25)22-11-10-20(32(29,30)27(5-2)6-3)18-21(22)24-23(28)12-9-19-8-7-17-31-19/h10-11,18-19H,4-9,12-17H2,1-3H3,(H,24,28). The quantitative estimate of drug-likeness (QED) is 0.571. The van der Waals surface area contributed by atoms with Crippen molar-refractivity contribution >= 4 is 27.3 Å². The Kier molecular flexibility index (Phi) is 8.93. The van der Waals surface area contributed by atoms with Gasteiger partial charge in [0.25, 0.3) is 0 Å². The Balaban J connectivity index is 1.82. The van der Waals surface area contributed by atoms with E-state index in [1.54, 1.807) is 12.1 Å². The maximum Gasteiger partial charge on any atom is 0.243 e. The van der Waals surface area contributed by atoms with E-state index in [9.17, 15) is 13.2 Å². The van der Waals surface area contributed by atoms with Crippen molar-refractivity contribution in [3.05, 3.63) is 18.2 Å². The molecule has 2 aliphatic heterocycles. The van der Waals surface area contributed by atoms with Gasteiger partial charge in [-0.05, 0) is 44.0 Å². The van der Waals surface area contributed by atoms with Gasteiger partial charge in [-0.3, -0.25) is 4.79 Å². The summed E-state index contributed by atoms with van der Waals surface area (Å²) < 4.78 is 33.2. The Morgan fingerprint density at radius 1 is 1.16 bits per heavy atom. The van der Waals surface area contributed by atoms with Gasteiger partial charge in [-0.25, -0.2) is 8.42 Å². The van der Waals surface area contributed by atoms with Crippen LogP contribution in [0.15, 0.2) is 23.1 Å². The van der Waals surface area contributed by atoms with Crippen LogP contribution in [0.3, 0.4) is 0 Å². The number of carbonyl (C=O) groups excluding carboxylic acids is 1. The highest BCUT2D eigenvalue weighted by Crippen LogP contribution is 2.31. The Morgan fingerprint density at radius 3 is 2.47 bits per heavy atom. The summed E-state index contributed by atoms with van der Waals surface area (Å²) in [6, 6.07) is 5.13. The summed E-state index contributed by atoms with van der Waals surface area (Å²) in [5.41, 5.74) is 1.45. The van der Waals surface area contributed by atoms with Crippen LogP contribution in [0.25, 0.3) is 0 Å². The van der Waals surface area contributed by atoms with E-state index < -0.39 is 10.0 Å². The number of amides is 1. The number of piperazine rings is 1.